The molecule has 14 heavy (non-hydrogen) atoms. The van der Waals surface area contributed by atoms with Crippen LogP contribution in [0.1, 0.15) is 19.8 Å². The van der Waals surface area contributed by atoms with Crippen LogP contribution in [0.3, 0.4) is 0 Å². The number of nitrogens with zero attached hydrogens (tertiary/aromatic N) is 2. The van der Waals surface area contributed by atoms with Crippen molar-refractivity contribution < 1.29 is 4.79 Å². The van der Waals surface area contributed by atoms with Gasteiger partial charge < -0.3 is 4.90 Å². The number of hydrogen-bond donors (Lipinski definition) is 0. The van der Waals surface area contributed by atoms with Gasteiger partial charge in [0.05, 0.1) is 0 Å². The molecule has 0 bridgehead atoms. The van der Waals surface area contributed by atoms with Gasteiger partial charge in [0.1, 0.15) is 5.78 Å². The lowest BCUT2D eigenvalue weighted by molar-refractivity contribution is -0.120. The number of anilines is 1. The van der Waals surface area contributed by atoms with E-state index in [1.165, 1.54) is 0 Å². The summed E-state index contributed by atoms with van der Waals surface area (Å²) in [5.74, 6) is 0.527. The zero-order valence-electron chi connectivity index (χ0n) is 8.27. The molecular formula is C10H14N2OS. The number of aromatic nitrogens is 1. The summed E-state index contributed by atoms with van der Waals surface area (Å²) in [6.45, 7) is 3.58. The summed E-state index contributed by atoms with van der Waals surface area (Å²) in [5, 5.41) is 3.03. The van der Waals surface area contributed by atoms with Gasteiger partial charge in [-0.3, -0.25) is 4.79 Å². The van der Waals surface area contributed by atoms with E-state index in [2.05, 4.69) is 9.88 Å². The molecule has 0 N–H and O–H groups in total. The second-order valence-corrected chi connectivity index (χ2v) is 4.58. The molecule has 0 amide bonds. The minimum atomic E-state index is 0.215. The van der Waals surface area contributed by atoms with Crippen LogP contribution in [0.15, 0.2) is 11.6 Å². The maximum absolute atomic E-state index is 11.3. The van der Waals surface area contributed by atoms with Gasteiger partial charge in [0.25, 0.3) is 0 Å². The number of rotatable bonds is 2. The van der Waals surface area contributed by atoms with Crippen LogP contribution < -0.4 is 4.90 Å². The van der Waals surface area contributed by atoms with E-state index in [-0.39, 0.29) is 5.92 Å². The fraction of sp³-hybridized carbons (Fsp3) is 0.600. The molecule has 0 spiro atoms. The molecule has 2 rings (SSSR count). The third kappa shape index (κ3) is 1.95. The van der Waals surface area contributed by atoms with Crippen LogP contribution in [0.2, 0.25) is 0 Å². The fourth-order valence-electron chi connectivity index (χ4n) is 1.85. The van der Waals surface area contributed by atoms with Crippen LogP contribution in [-0.2, 0) is 4.79 Å². The van der Waals surface area contributed by atoms with Crippen molar-refractivity contribution in [2.45, 2.75) is 19.8 Å². The highest BCUT2D eigenvalue weighted by atomic mass is 32.1. The topological polar surface area (TPSA) is 33.2 Å². The highest BCUT2D eigenvalue weighted by Crippen LogP contribution is 2.24. The van der Waals surface area contributed by atoms with Gasteiger partial charge in [-0.15, -0.1) is 11.3 Å². The zero-order chi connectivity index (χ0) is 9.97. The van der Waals surface area contributed by atoms with E-state index in [0.29, 0.717) is 5.78 Å². The number of piperidine rings is 1. The number of carbonyl (C=O) groups excluding carboxylic acids is 1. The largest absolute Gasteiger partial charge is 0.347 e. The number of hydrogen-bond acceptors (Lipinski definition) is 4. The lowest BCUT2D eigenvalue weighted by Gasteiger charge is -2.31. The summed E-state index contributed by atoms with van der Waals surface area (Å²) in [7, 11) is 0. The molecule has 1 aromatic rings. The maximum Gasteiger partial charge on any atom is 0.185 e. The Morgan fingerprint density at radius 3 is 3.21 bits per heavy atom. The van der Waals surface area contributed by atoms with Crippen LogP contribution in [0.5, 0.6) is 0 Å². The minimum Gasteiger partial charge on any atom is -0.347 e. The van der Waals surface area contributed by atoms with E-state index in [9.17, 15) is 4.79 Å². The van der Waals surface area contributed by atoms with Gasteiger partial charge in [0.15, 0.2) is 5.13 Å². The van der Waals surface area contributed by atoms with E-state index in [1.54, 1.807) is 18.3 Å². The predicted molar refractivity (Wildman–Crippen MR) is 57.7 cm³/mol. The molecule has 1 unspecified atom stereocenters. The molecule has 76 valence electrons. The van der Waals surface area contributed by atoms with Crippen molar-refractivity contribution in [3.8, 4) is 0 Å². The molecule has 3 nitrogen and oxygen atoms in total. The van der Waals surface area contributed by atoms with Gasteiger partial charge in [-0.25, -0.2) is 4.98 Å². The molecule has 0 saturated carbocycles. The predicted octanol–water partition coefficient (Wildman–Crippen LogP) is 1.95. The molecule has 0 radical (unpaired) electrons. The second kappa shape index (κ2) is 4.09. The van der Waals surface area contributed by atoms with Crippen molar-refractivity contribution in [1.82, 2.24) is 4.98 Å². The average Bonchev–Trinajstić information content (AvgIpc) is 2.71. The average molecular weight is 210 g/mol. The van der Waals surface area contributed by atoms with Crippen molar-refractivity contribution >= 4 is 22.3 Å². The van der Waals surface area contributed by atoms with E-state index in [1.807, 2.05) is 11.6 Å². The minimum absolute atomic E-state index is 0.215. The van der Waals surface area contributed by atoms with E-state index in [4.69, 9.17) is 0 Å². The Morgan fingerprint density at radius 1 is 1.71 bits per heavy atom. The van der Waals surface area contributed by atoms with E-state index >= 15 is 0 Å². The molecule has 1 aliphatic rings. The second-order valence-electron chi connectivity index (χ2n) is 3.71. The van der Waals surface area contributed by atoms with E-state index in [0.717, 1.165) is 31.1 Å². The summed E-state index contributed by atoms with van der Waals surface area (Å²) in [6, 6.07) is 0. The number of carbonyl (C=O) groups is 1. The number of ketones is 1. The number of Topliss-reactive ketones (excluding diaryl/α,β-unsaturated/α-hetero) is 1. The van der Waals surface area contributed by atoms with Gasteiger partial charge in [0.2, 0.25) is 0 Å². The van der Waals surface area contributed by atoms with Crippen LogP contribution in [0, 0.1) is 5.92 Å². The zero-order valence-corrected chi connectivity index (χ0v) is 9.09. The standard InChI is InChI=1S/C10H14N2OS/c1-8(13)9-3-2-5-12(7-9)10-11-4-6-14-10/h4,6,9H,2-3,5,7H2,1H3. The highest BCUT2D eigenvalue weighted by molar-refractivity contribution is 7.13. The molecule has 2 heterocycles. The Morgan fingerprint density at radius 2 is 2.57 bits per heavy atom. The van der Waals surface area contributed by atoms with Gasteiger partial charge in [-0.2, -0.15) is 0 Å². The summed E-state index contributed by atoms with van der Waals surface area (Å²) < 4.78 is 0. The monoisotopic (exact) mass is 210 g/mol. The lowest BCUT2D eigenvalue weighted by Crippen LogP contribution is -2.37. The van der Waals surface area contributed by atoms with Crippen LogP contribution in [0.25, 0.3) is 0 Å². The summed E-state index contributed by atoms with van der Waals surface area (Å²) in [4.78, 5) is 17.8. The van der Waals surface area contributed by atoms with Gasteiger partial charge in [-0.05, 0) is 19.8 Å². The van der Waals surface area contributed by atoms with Crippen LogP contribution in [-0.4, -0.2) is 23.9 Å². The van der Waals surface area contributed by atoms with E-state index < -0.39 is 0 Å². The molecule has 1 aliphatic heterocycles. The van der Waals surface area contributed by atoms with Gasteiger partial charge in [-0.1, -0.05) is 0 Å². The quantitative estimate of drug-likeness (QED) is 0.748. The Labute approximate surface area is 87.8 Å². The summed E-state index contributed by atoms with van der Waals surface area (Å²) in [5.41, 5.74) is 0. The van der Waals surface area contributed by atoms with Crippen molar-refractivity contribution in [3.05, 3.63) is 11.6 Å². The smallest absolute Gasteiger partial charge is 0.185 e. The normalized spacial score (nSPS) is 22.4. The summed E-state index contributed by atoms with van der Waals surface area (Å²) in [6.07, 6.45) is 3.96. The SMILES string of the molecule is CC(=O)C1CCCN(c2nccs2)C1. The van der Waals surface area contributed by atoms with Crippen molar-refractivity contribution in [1.29, 1.82) is 0 Å². The molecule has 0 aliphatic carbocycles. The fourth-order valence-corrected chi connectivity index (χ4v) is 2.53. The maximum atomic E-state index is 11.3. The molecule has 1 aromatic heterocycles. The molecular weight excluding hydrogens is 196 g/mol. The first-order valence-corrected chi connectivity index (χ1v) is 5.80. The summed E-state index contributed by atoms with van der Waals surface area (Å²) >= 11 is 1.65. The third-order valence-electron chi connectivity index (χ3n) is 2.69. The van der Waals surface area contributed by atoms with Crippen LogP contribution in [0.4, 0.5) is 5.13 Å². The Bertz CT molecular complexity index is 310. The van der Waals surface area contributed by atoms with Crippen LogP contribution >= 0.6 is 11.3 Å². The first-order valence-electron chi connectivity index (χ1n) is 4.92. The molecule has 0 aromatic carbocycles. The first kappa shape index (κ1) is 9.65. The van der Waals surface area contributed by atoms with Crippen molar-refractivity contribution in [2.24, 2.45) is 5.92 Å². The van der Waals surface area contributed by atoms with Crippen molar-refractivity contribution in [3.63, 3.8) is 0 Å². The molecule has 1 atom stereocenters. The Hall–Kier alpha value is -0.900. The molecule has 1 saturated heterocycles. The third-order valence-corrected chi connectivity index (χ3v) is 3.52. The van der Waals surface area contributed by atoms with Gasteiger partial charge >= 0.3 is 0 Å². The lowest BCUT2D eigenvalue weighted by atomic mass is 9.95. The molecule has 4 heteroatoms. The number of thiazole rings is 1. The Kier molecular flexibility index (Phi) is 2.82. The highest BCUT2D eigenvalue weighted by Gasteiger charge is 2.24. The first-order chi connectivity index (χ1) is 6.77. The molecule has 1 fully saturated rings. The van der Waals surface area contributed by atoms with Gasteiger partial charge in [0, 0.05) is 30.6 Å². The van der Waals surface area contributed by atoms with Crippen molar-refractivity contribution in [2.75, 3.05) is 18.0 Å². The Balaban J connectivity index is 2.04.